The van der Waals surface area contributed by atoms with Crippen LogP contribution in [-0.4, -0.2) is 22.6 Å². The summed E-state index contributed by atoms with van der Waals surface area (Å²) in [5.41, 5.74) is 5.17. The highest BCUT2D eigenvalue weighted by atomic mass is 16.5. The molecule has 0 spiro atoms. The van der Waals surface area contributed by atoms with Gasteiger partial charge >= 0.3 is 0 Å². The Morgan fingerprint density at radius 2 is 2.45 bits per heavy atom. The van der Waals surface area contributed by atoms with Gasteiger partial charge in [-0.2, -0.15) is 0 Å². The van der Waals surface area contributed by atoms with Gasteiger partial charge in [-0.1, -0.05) is 0 Å². The first-order valence-corrected chi connectivity index (χ1v) is 3.02. The molecule has 0 radical (unpaired) electrons. The van der Waals surface area contributed by atoms with Crippen molar-refractivity contribution < 1.29 is 9.53 Å². The molecule has 60 valence electrons. The molecule has 1 aromatic heterocycles. The third-order valence-corrected chi connectivity index (χ3v) is 1.31. The molecule has 11 heavy (non-hydrogen) atoms. The second-order valence-corrected chi connectivity index (χ2v) is 2.08. The fraction of sp³-hybridized carbons (Fsp3) is 0.333. The van der Waals surface area contributed by atoms with Gasteiger partial charge in [0.1, 0.15) is 0 Å². The average Bonchev–Trinajstić information content (AvgIpc) is 2.30. The molecule has 5 nitrogen and oxygen atoms in total. The zero-order valence-electron chi connectivity index (χ0n) is 6.37. The maximum absolute atomic E-state index is 10.7. The number of carbonyl (C=O) groups excluding carboxylic acids is 1. The summed E-state index contributed by atoms with van der Waals surface area (Å²) < 4.78 is 6.46. The Balaban J connectivity index is 3.15. The Kier molecular flexibility index (Phi) is 1.80. The van der Waals surface area contributed by atoms with Crippen molar-refractivity contribution in [3.8, 4) is 5.88 Å². The minimum Gasteiger partial charge on any atom is -0.480 e. The molecule has 1 rings (SSSR count). The number of imidazole rings is 1. The van der Waals surface area contributed by atoms with Gasteiger partial charge in [-0.25, -0.2) is 4.98 Å². The van der Waals surface area contributed by atoms with E-state index in [0.29, 0.717) is 5.88 Å². The predicted octanol–water partition coefficient (Wildman–Crippen LogP) is -0.472. The molecule has 0 aliphatic heterocycles. The lowest BCUT2D eigenvalue weighted by atomic mass is 10.4. The van der Waals surface area contributed by atoms with Crippen LogP contribution in [0.5, 0.6) is 5.88 Å². The fourth-order valence-electron chi connectivity index (χ4n) is 0.829. The number of primary amides is 1. The maximum Gasteiger partial charge on any atom is 0.272 e. The van der Waals surface area contributed by atoms with Crippen LogP contribution in [0.25, 0.3) is 0 Å². The molecule has 0 atom stereocenters. The SMILES string of the molecule is COc1c(C(N)=O)ncn1C. The molecule has 2 N–H and O–H groups in total. The summed E-state index contributed by atoms with van der Waals surface area (Å²) in [6, 6.07) is 0. The van der Waals surface area contributed by atoms with Crippen LogP contribution in [0.3, 0.4) is 0 Å². The number of rotatable bonds is 2. The summed E-state index contributed by atoms with van der Waals surface area (Å²) in [6.45, 7) is 0. The van der Waals surface area contributed by atoms with E-state index in [-0.39, 0.29) is 5.69 Å². The van der Waals surface area contributed by atoms with Crippen LogP contribution in [0.15, 0.2) is 6.33 Å². The molecule has 1 aromatic rings. The molecule has 1 heterocycles. The Morgan fingerprint density at radius 1 is 1.82 bits per heavy atom. The number of hydrogen-bond acceptors (Lipinski definition) is 3. The van der Waals surface area contributed by atoms with E-state index in [0.717, 1.165) is 0 Å². The average molecular weight is 155 g/mol. The largest absolute Gasteiger partial charge is 0.480 e. The molecule has 0 saturated heterocycles. The van der Waals surface area contributed by atoms with Crippen LogP contribution in [0.1, 0.15) is 10.5 Å². The summed E-state index contributed by atoms with van der Waals surface area (Å²) in [4.78, 5) is 14.4. The third-order valence-electron chi connectivity index (χ3n) is 1.31. The Hall–Kier alpha value is -1.52. The Labute approximate surface area is 63.8 Å². The highest BCUT2D eigenvalue weighted by Gasteiger charge is 2.13. The van der Waals surface area contributed by atoms with Crippen molar-refractivity contribution in [2.75, 3.05) is 7.11 Å². The molecular weight excluding hydrogens is 146 g/mol. The smallest absolute Gasteiger partial charge is 0.272 e. The molecule has 0 aliphatic rings. The first kappa shape index (κ1) is 7.59. The molecule has 0 bridgehead atoms. The second kappa shape index (κ2) is 2.61. The highest BCUT2D eigenvalue weighted by molar-refractivity contribution is 5.93. The van der Waals surface area contributed by atoms with Crippen molar-refractivity contribution in [3.05, 3.63) is 12.0 Å². The standard InChI is InChI=1S/C6H9N3O2/c1-9-3-8-4(5(7)10)6(9)11-2/h3H,1-2H3,(H2,7,10). The minimum absolute atomic E-state index is 0.162. The summed E-state index contributed by atoms with van der Waals surface area (Å²) in [6.07, 6.45) is 1.47. The number of methoxy groups -OCH3 is 1. The number of carbonyl (C=O) groups is 1. The van der Waals surface area contributed by atoms with Crippen LogP contribution in [0, 0.1) is 0 Å². The topological polar surface area (TPSA) is 70.1 Å². The second-order valence-electron chi connectivity index (χ2n) is 2.08. The lowest BCUT2D eigenvalue weighted by Crippen LogP contribution is -2.13. The number of nitrogens with two attached hydrogens (primary N) is 1. The number of aromatic nitrogens is 2. The minimum atomic E-state index is -0.581. The van der Waals surface area contributed by atoms with Crippen molar-refractivity contribution in [3.63, 3.8) is 0 Å². The molecule has 0 saturated carbocycles. The molecule has 0 fully saturated rings. The summed E-state index contributed by atoms with van der Waals surface area (Å²) in [5, 5.41) is 0. The van der Waals surface area contributed by atoms with Crippen LogP contribution >= 0.6 is 0 Å². The summed E-state index contributed by atoms with van der Waals surface area (Å²) in [5.74, 6) is -0.194. The molecule has 5 heteroatoms. The van der Waals surface area contributed by atoms with Gasteiger partial charge in [-0.3, -0.25) is 4.79 Å². The first-order valence-electron chi connectivity index (χ1n) is 3.02. The molecular formula is C6H9N3O2. The van der Waals surface area contributed by atoms with E-state index in [4.69, 9.17) is 10.5 Å². The van der Waals surface area contributed by atoms with Crippen molar-refractivity contribution >= 4 is 5.91 Å². The monoisotopic (exact) mass is 155 g/mol. The van der Waals surface area contributed by atoms with E-state index in [1.165, 1.54) is 13.4 Å². The van der Waals surface area contributed by atoms with Gasteiger partial charge in [0.25, 0.3) is 5.91 Å². The lowest BCUT2D eigenvalue weighted by Gasteiger charge is -1.99. The summed E-state index contributed by atoms with van der Waals surface area (Å²) in [7, 11) is 3.18. The van der Waals surface area contributed by atoms with E-state index < -0.39 is 5.91 Å². The van der Waals surface area contributed by atoms with Gasteiger partial charge in [-0.05, 0) is 0 Å². The molecule has 0 aliphatic carbocycles. The zero-order valence-corrected chi connectivity index (χ0v) is 6.37. The van der Waals surface area contributed by atoms with Gasteiger partial charge in [0.05, 0.1) is 13.4 Å². The van der Waals surface area contributed by atoms with E-state index in [9.17, 15) is 4.79 Å². The van der Waals surface area contributed by atoms with Crippen LogP contribution < -0.4 is 10.5 Å². The van der Waals surface area contributed by atoms with Gasteiger partial charge in [0, 0.05) is 7.05 Å². The Bertz CT molecular complexity index is 279. The van der Waals surface area contributed by atoms with Gasteiger partial charge in [-0.15, -0.1) is 0 Å². The van der Waals surface area contributed by atoms with Gasteiger partial charge in [0.2, 0.25) is 5.88 Å². The number of aryl methyl sites for hydroxylation is 1. The summed E-state index contributed by atoms with van der Waals surface area (Å²) >= 11 is 0. The molecule has 0 aromatic carbocycles. The quantitative estimate of drug-likeness (QED) is 0.627. The number of nitrogens with zero attached hydrogens (tertiary/aromatic N) is 2. The van der Waals surface area contributed by atoms with Gasteiger partial charge < -0.3 is 15.0 Å². The van der Waals surface area contributed by atoms with Crippen molar-refractivity contribution in [2.24, 2.45) is 12.8 Å². The molecule has 1 amide bonds. The predicted molar refractivity (Wildman–Crippen MR) is 38.3 cm³/mol. The van der Waals surface area contributed by atoms with Crippen LogP contribution in [0.4, 0.5) is 0 Å². The number of ether oxygens (including phenoxy) is 1. The normalized spacial score (nSPS) is 9.64. The number of amides is 1. The fourth-order valence-corrected chi connectivity index (χ4v) is 0.829. The van der Waals surface area contributed by atoms with Crippen molar-refractivity contribution in [1.82, 2.24) is 9.55 Å². The van der Waals surface area contributed by atoms with E-state index in [1.807, 2.05) is 0 Å². The zero-order chi connectivity index (χ0) is 8.43. The Morgan fingerprint density at radius 3 is 2.82 bits per heavy atom. The van der Waals surface area contributed by atoms with Gasteiger partial charge in [0.15, 0.2) is 5.69 Å². The highest BCUT2D eigenvalue weighted by Crippen LogP contribution is 2.13. The van der Waals surface area contributed by atoms with Crippen LogP contribution in [-0.2, 0) is 7.05 Å². The third kappa shape index (κ3) is 1.17. The molecule has 0 unspecified atom stereocenters. The van der Waals surface area contributed by atoms with E-state index >= 15 is 0 Å². The maximum atomic E-state index is 10.7. The van der Waals surface area contributed by atoms with E-state index in [1.54, 1.807) is 11.6 Å². The number of hydrogen-bond donors (Lipinski definition) is 1. The van der Waals surface area contributed by atoms with Crippen LogP contribution in [0.2, 0.25) is 0 Å². The van der Waals surface area contributed by atoms with Crippen molar-refractivity contribution in [1.29, 1.82) is 0 Å². The first-order chi connectivity index (χ1) is 5.16. The lowest BCUT2D eigenvalue weighted by molar-refractivity contribution is 0.0992. The van der Waals surface area contributed by atoms with E-state index in [2.05, 4.69) is 4.98 Å². The van der Waals surface area contributed by atoms with Crippen molar-refractivity contribution in [2.45, 2.75) is 0 Å².